The van der Waals surface area contributed by atoms with Crippen LogP contribution in [0.3, 0.4) is 0 Å². The predicted octanol–water partition coefficient (Wildman–Crippen LogP) is 4.71. The Bertz CT molecular complexity index is 703. The molecule has 0 atom stereocenters. The molecule has 0 aliphatic carbocycles. The molecule has 118 valence electrons. The number of benzene rings is 1. The fraction of sp³-hybridized carbons (Fsp3) is 0.118. The monoisotopic (exact) mass is 330 g/mol. The molecule has 6 heteroatoms. The van der Waals surface area contributed by atoms with Crippen LogP contribution < -0.4 is 5.32 Å². The SMILES string of the molecule is O=C(Nc1ccc(F)cc1)N(Cc1ccsc1)Cc1ccco1. The second kappa shape index (κ2) is 7.11. The Balaban J connectivity index is 1.73. The Hall–Kier alpha value is -2.60. The van der Waals surface area contributed by atoms with Gasteiger partial charge >= 0.3 is 6.03 Å². The van der Waals surface area contributed by atoms with Crippen molar-refractivity contribution >= 4 is 23.1 Å². The van der Waals surface area contributed by atoms with Gasteiger partial charge in [-0.05, 0) is 58.8 Å². The summed E-state index contributed by atoms with van der Waals surface area (Å²) in [5.74, 6) is 0.364. The second-order valence-corrected chi connectivity index (χ2v) is 5.78. The molecule has 2 amide bonds. The van der Waals surface area contributed by atoms with Gasteiger partial charge in [-0.25, -0.2) is 9.18 Å². The van der Waals surface area contributed by atoms with E-state index in [1.165, 1.54) is 24.3 Å². The van der Waals surface area contributed by atoms with Crippen LogP contribution in [0.4, 0.5) is 14.9 Å². The minimum atomic E-state index is -0.339. The summed E-state index contributed by atoms with van der Waals surface area (Å²) < 4.78 is 18.3. The van der Waals surface area contributed by atoms with Gasteiger partial charge in [0, 0.05) is 12.2 Å². The molecule has 4 nitrogen and oxygen atoms in total. The molecule has 0 aliphatic heterocycles. The number of carbonyl (C=O) groups excluding carboxylic acids is 1. The van der Waals surface area contributed by atoms with Crippen molar-refractivity contribution in [2.24, 2.45) is 0 Å². The number of hydrogen-bond acceptors (Lipinski definition) is 3. The van der Waals surface area contributed by atoms with Crippen LogP contribution in [-0.4, -0.2) is 10.9 Å². The smallest absolute Gasteiger partial charge is 0.322 e. The van der Waals surface area contributed by atoms with Crippen LogP contribution in [0.5, 0.6) is 0 Å². The highest BCUT2D eigenvalue weighted by molar-refractivity contribution is 7.07. The summed E-state index contributed by atoms with van der Waals surface area (Å²) in [5.41, 5.74) is 1.60. The lowest BCUT2D eigenvalue weighted by molar-refractivity contribution is 0.201. The van der Waals surface area contributed by atoms with Crippen molar-refractivity contribution in [1.82, 2.24) is 4.90 Å². The van der Waals surface area contributed by atoms with E-state index in [1.54, 1.807) is 28.6 Å². The number of carbonyl (C=O) groups is 1. The number of thiophene rings is 1. The Morgan fingerprint density at radius 2 is 2.00 bits per heavy atom. The first kappa shape index (κ1) is 15.3. The second-order valence-electron chi connectivity index (χ2n) is 5.00. The summed E-state index contributed by atoms with van der Waals surface area (Å²) in [4.78, 5) is 14.2. The molecule has 0 unspecified atom stereocenters. The van der Waals surface area contributed by atoms with E-state index in [1.807, 2.05) is 22.9 Å². The lowest BCUT2D eigenvalue weighted by Gasteiger charge is -2.21. The predicted molar refractivity (Wildman–Crippen MR) is 87.7 cm³/mol. The number of urea groups is 1. The van der Waals surface area contributed by atoms with E-state index < -0.39 is 0 Å². The molecule has 1 N–H and O–H groups in total. The lowest BCUT2D eigenvalue weighted by atomic mass is 10.3. The summed E-state index contributed by atoms with van der Waals surface area (Å²) in [5, 5.41) is 6.75. The summed E-state index contributed by atoms with van der Waals surface area (Å²) in [7, 11) is 0. The third-order valence-electron chi connectivity index (χ3n) is 3.26. The van der Waals surface area contributed by atoms with E-state index in [4.69, 9.17) is 4.42 Å². The van der Waals surface area contributed by atoms with Gasteiger partial charge < -0.3 is 14.6 Å². The fourth-order valence-electron chi connectivity index (χ4n) is 2.13. The Kier molecular flexibility index (Phi) is 4.73. The Labute approximate surface area is 137 Å². The molecule has 0 radical (unpaired) electrons. The largest absolute Gasteiger partial charge is 0.467 e. The number of nitrogens with one attached hydrogen (secondary N) is 1. The van der Waals surface area contributed by atoms with Crippen LogP contribution in [0, 0.1) is 5.82 Å². The maximum atomic E-state index is 13.0. The zero-order chi connectivity index (χ0) is 16.1. The van der Waals surface area contributed by atoms with Crippen molar-refractivity contribution in [3.8, 4) is 0 Å². The van der Waals surface area contributed by atoms with Gasteiger partial charge in [-0.3, -0.25) is 0 Å². The van der Waals surface area contributed by atoms with Crippen molar-refractivity contribution in [1.29, 1.82) is 0 Å². The minimum absolute atomic E-state index is 0.265. The number of anilines is 1. The van der Waals surface area contributed by atoms with E-state index in [9.17, 15) is 9.18 Å². The normalized spacial score (nSPS) is 10.5. The van der Waals surface area contributed by atoms with Gasteiger partial charge in [-0.15, -0.1) is 0 Å². The van der Waals surface area contributed by atoms with Crippen LogP contribution >= 0.6 is 11.3 Å². The number of rotatable bonds is 5. The average Bonchev–Trinajstić information content (AvgIpc) is 3.22. The minimum Gasteiger partial charge on any atom is -0.467 e. The molecule has 2 aromatic heterocycles. The zero-order valence-electron chi connectivity index (χ0n) is 12.2. The van der Waals surface area contributed by atoms with E-state index in [0.717, 1.165) is 5.56 Å². The highest BCUT2D eigenvalue weighted by Crippen LogP contribution is 2.16. The summed E-state index contributed by atoms with van der Waals surface area (Å²) in [6.45, 7) is 0.826. The van der Waals surface area contributed by atoms with Gasteiger partial charge in [0.1, 0.15) is 11.6 Å². The average molecular weight is 330 g/mol. The molecule has 1 aromatic carbocycles. The standard InChI is InChI=1S/C17H15FN2O2S/c18-14-3-5-15(6-4-14)19-17(21)20(10-13-7-9-23-12-13)11-16-2-1-8-22-16/h1-9,12H,10-11H2,(H,19,21). The molecule has 0 bridgehead atoms. The van der Waals surface area contributed by atoms with Gasteiger partial charge in [0.2, 0.25) is 0 Å². The first-order valence-corrected chi connectivity index (χ1v) is 8.00. The highest BCUT2D eigenvalue weighted by Gasteiger charge is 2.16. The van der Waals surface area contributed by atoms with Gasteiger partial charge in [0.25, 0.3) is 0 Å². The maximum Gasteiger partial charge on any atom is 0.322 e. The lowest BCUT2D eigenvalue weighted by Crippen LogP contribution is -2.33. The molecule has 23 heavy (non-hydrogen) atoms. The maximum absolute atomic E-state index is 13.0. The van der Waals surface area contributed by atoms with Crippen molar-refractivity contribution in [3.05, 3.63) is 76.6 Å². The van der Waals surface area contributed by atoms with Crippen molar-refractivity contribution in [2.45, 2.75) is 13.1 Å². The topological polar surface area (TPSA) is 45.5 Å². The molecular formula is C17H15FN2O2S. The van der Waals surface area contributed by atoms with Crippen LogP contribution in [0.15, 0.2) is 63.9 Å². The molecule has 0 saturated carbocycles. The first-order chi connectivity index (χ1) is 11.2. The number of furan rings is 1. The van der Waals surface area contributed by atoms with Gasteiger partial charge in [-0.2, -0.15) is 11.3 Å². The van der Waals surface area contributed by atoms with E-state index >= 15 is 0 Å². The van der Waals surface area contributed by atoms with Crippen molar-refractivity contribution < 1.29 is 13.6 Å². The molecule has 2 heterocycles. The molecular weight excluding hydrogens is 315 g/mol. The molecule has 3 rings (SSSR count). The number of hydrogen-bond donors (Lipinski definition) is 1. The van der Waals surface area contributed by atoms with Crippen LogP contribution in [0.2, 0.25) is 0 Å². The first-order valence-electron chi connectivity index (χ1n) is 7.05. The molecule has 0 fully saturated rings. The third kappa shape index (κ3) is 4.20. The zero-order valence-corrected chi connectivity index (χ0v) is 13.1. The summed E-state index contributed by atoms with van der Waals surface area (Å²) in [6.07, 6.45) is 1.58. The van der Waals surface area contributed by atoms with Crippen molar-refractivity contribution in [2.75, 3.05) is 5.32 Å². The number of nitrogens with zero attached hydrogens (tertiary/aromatic N) is 1. The fourth-order valence-corrected chi connectivity index (χ4v) is 2.79. The number of halogens is 1. The van der Waals surface area contributed by atoms with E-state index in [2.05, 4.69) is 5.32 Å². The molecule has 3 aromatic rings. The quantitative estimate of drug-likeness (QED) is 0.736. The van der Waals surface area contributed by atoms with E-state index in [0.29, 0.717) is 24.5 Å². The van der Waals surface area contributed by atoms with Crippen LogP contribution in [0.1, 0.15) is 11.3 Å². The van der Waals surface area contributed by atoms with Gasteiger partial charge in [0.05, 0.1) is 12.8 Å². The Morgan fingerprint density at radius 1 is 1.17 bits per heavy atom. The van der Waals surface area contributed by atoms with Crippen LogP contribution in [-0.2, 0) is 13.1 Å². The number of amides is 2. The molecule has 0 saturated heterocycles. The molecule has 0 spiro atoms. The van der Waals surface area contributed by atoms with E-state index in [-0.39, 0.29) is 11.8 Å². The molecule has 0 aliphatic rings. The van der Waals surface area contributed by atoms with Crippen LogP contribution in [0.25, 0.3) is 0 Å². The van der Waals surface area contributed by atoms with Gasteiger partial charge in [-0.1, -0.05) is 0 Å². The summed E-state index contributed by atoms with van der Waals surface area (Å²) in [6, 6.07) is 11.0. The van der Waals surface area contributed by atoms with Gasteiger partial charge in [0.15, 0.2) is 0 Å². The highest BCUT2D eigenvalue weighted by atomic mass is 32.1. The van der Waals surface area contributed by atoms with Crippen molar-refractivity contribution in [3.63, 3.8) is 0 Å². The third-order valence-corrected chi connectivity index (χ3v) is 4.00. The summed E-state index contributed by atoms with van der Waals surface area (Å²) >= 11 is 1.58. The Morgan fingerprint density at radius 3 is 2.65 bits per heavy atom.